The van der Waals surface area contributed by atoms with E-state index in [1.807, 2.05) is 72.4 Å². The summed E-state index contributed by atoms with van der Waals surface area (Å²) in [7, 11) is 3.53. The minimum absolute atomic E-state index is 0.167. The number of nitrogens with zero attached hydrogens (tertiary/aromatic N) is 2. The van der Waals surface area contributed by atoms with Crippen molar-refractivity contribution < 1.29 is 19.0 Å². The van der Waals surface area contributed by atoms with Crippen LogP contribution in [-0.4, -0.2) is 35.8 Å². The second-order valence-electron chi connectivity index (χ2n) is 7.60. The topological polar surface area (TPSA) is 74.6 Å². The maximum atomic E-state index is 13.3. The molecular weight excluding hydrogens is 438 g/mol. The quantitative estimate of drug-likeness (QED) is 0.459. The fraction of sp³-hybridized carbons (Fsp3) is 0.200. The highest BCUT2D eigenvalue weighted by molar-refractivity contribution is 7.17. The molecule has 33 heavy (non-hydrogen) atoms. The molecule has 0 spiro atoms. The number of aromatic nitrogens is 2. The zero-order valence-corrected chi connectivity index (χ0v) is 19.1. The van der Waals surface area contributed by atoms with Gasteiger partial charge in [0.15, 0.2) is 11.5 Å². The third kappa shape index (κ3) is 4.29. The smallest absolute Gasteiger partial charge is 0.262 e. The molecule has 4 aromatic rings. The Morgan fingerprint density at radius 1 is 1.12 bits per heavy atom. The predicted molar refractivity (Wildman–Crippen MR) is 126 cm³/mol. The van der Waals surface area contributed by atoms with Gasteiger partial charge in [-0.05, 0) is 53.6 Å². The van der Waals surface area contributed by atoms with Crippen molar-refractivity contribution in [2.75, 3.05) is 20.3 Å². The van der Waals surface area contributed by atoms with Crippen molar-refractivity contribution in [2.24, 2.45) is 7.05 Å². The number of carbonyl (C=O) groups excluding carboxylic acids is 1. The first kappa shape index (κ1) is 21.1. The fourth-order valence-corrected chi connectivity index (χ4v) is 4.69. The zero-order valence-electron chi connectivity index (χ0n) is 18.3. The molecule has 1 aliphatic heterocycles. The van der Waals surface area contributed by atoms with Crippen LogP contribution in [0.25, 0.3) is 10.4 Å². The molecule has 0 saturated heterocycles. The lowest BCUT2D eigenvalue weighted by atomic mass is 10.1. The number of hydrogen-bond acceptors (Lipinski definition) is 6. The molecule has 8 heteroatoms. The molecule has 3 heterocycles. The number of rotatable bonds is 6. The Morgan fingerprint density at radius 2 is 1.97 bits per heavy atom. The Hall–Kier alpha value is -3.78. The molecule has 2 aromatic carbocycles. The van der Waals surface area contributed by atoms with Crippen LogP contribution in [0.5, 0.6) is 17.2 Å². The molecule has 0 bridgehead atoms. The Morgan fingerprint density at radius 3 is 2.76 bits per heavy atom. The van der Waals surface area contributed by atoms with E-state index >= 15 is 0 Å². The predicted octanol–water partition coefficient (Wildman–Crippen LogP) is 4.45. The van der Waals surface area contributed by atoms with Gasteiger partial charge in [0.05, 0.1) is 12.0 Å². The van der Waals surface area contributed by atoms with E-state index in [2.05, 4.69) is 10.3 Å². The van der Waals surface area contributed by atoms with Crippen LogP contribution < -0.4 is 19.5 Å². The molecule has 1 aliphatic rings. The molecule has 5 rings (SSSR count). The summed E-state index contributed by atoms with van der Waals surface area (Å²) in [5.74, 6) is 2.76. The molecule has 7 nitrogen and oxygen atoms in total. The first-order chi connectivity index (χ1) is 16.1. The van der Waals surface area contributed by atoms with Crippen molar-refractivity contribution in [3.63, 3.8) is 0 Å². The van der Waals surface area contributed by atoms with Gasteiger partial charge >= 0.3 is 0 Å². The van der Waals surface area contributed by atoms with Crippen LogP contribution in [-0.2, 0) is 7.05 Å². The summed E-state index contributed by atoms with van der Waals surface area (Å²) < 4.78 is 18.6. The molecule has 2 aromatic heterocycles. The molecule has 1 unspecified atom stereocenters. The number of hydrogen-bond donors (Lipinski definition) is 1. The number of methoxy groups -OCH3 is 1. The van der Waals surface area contributed by atoms with Gasteiger partial charge in [0.1, 0.15) is 30.8 Å². The number of thiophene rings is 1. The van der Waals surface area contributed by atoms with Crippen molar-refractivity contribution in [3.8, 4) is 27.7 Å². The molecule has 1 N–H and O–H groups in total. The molecular formula is C25H23N3O4S. The number of amides is 1. The van der Waals surface area contributed by atoms with Gasteiger partial charge in [-0.1, -0.05) is 12.1 Å². The minimum atomic E-state index is -0.424. The summed E-state index contributed by atoms with van der Waals surface area (Å²) in [6.07, 6.45) is 3.58. The van der Waals surface area contributed by atoms with Crippen molar-refractivity contribution in [3.05, 3.63) is 83.3 Å². The number of fused-ring (bicyclic) bond motifs is 1. The number of carbonyl (C=O) groups is 1. The molecule has 1 atom stereocenters. The second-order valence-corrected chi connectivity index (χ2v) is 8.69. The third-order valence-corrected chi connectivity index (χ3v) is 6.61. The number of ether oxygens (including phenoxy) is 3. The van der Waals surface area contributed by atoms with Gasteiger partial charge in [0.2, 0.25) is 0 Å². The molecule has 168 valence electrons. The summed E-state index contributed by atoms with van der Waals surface area (Å²) in [5.41, 5.74) is 1.87. The van der Waals surface area contributed by atoms with E-state index in [-0.39, 0.29) is 5.91 Å². The Bertz CT molecular complexity index is 1300. The van der Waals surface area contributed by atoms with Gasteiger partial charge in [-0.2, -0.15) is 0 Å². The van der Waals surface area contributed by atoms with Crippen LogP contribution in [0, 0.1) is 0 Å². The van der Waals surface area contributed by atoms with E-state index in [1.54, 1.807) is 13.3 Å². The molecule has 0 fully saturated rings. The average Bonchev–Trinajstić information content (AvgIpc) is 3.52. The average molecular weight is 462 g/mol. The van der Waals surface area contributed by atoms with Gasteiger partial charge < -0.3 is 24.1 Å². The number of nitrogens with one attached hydrogen (secondary N) is 1. The summed E-state index contributed by atoms with van der Waals surface area (Å²) >= 11 is 1.43. The third-order valence-electron chi connectivity index (χ3n) is 5.48. The van der Waals surface area contributed by atoms with Crippen molar-refractivity contribution in [1.29, 1.82) is 0 Å². The second kappa shape index (κ2) is 8.99. The highest BCUT2D eigenvalue weighted by Crippen LogP contribution is 2.37. The molecule has 0 saturated carbocycles. The first-order valence-corrected chi connectivity index (χ1v) is 11.4. The summed E-state index contributed by atoms with van der Waals surface area (Å²) in [5, 5.41) is 3.15. The lowest BCUT2D eigenvalue weighted by Crippen LogP contribution is -2.30. The zero-order chi connectivity index (χ0) is 22.8. The monoisotopic (exact) mass is 461 g/mol. The van der Waals surface area contributed by atoms with E-state index in [1.165, 1.54) is 11.3 Å². The highest BCUT2D eigenvalue weighted by atomic mass is 32.1. The first-order valence-electron chi connectivity index (χ1n) is 10.5. The van der Waals surface area contributed by atoms with Crippen LogP contribution in [0.4, 0.5) is 0 Å². The molecule has 1 amide bonds. The van der Waals surface area contributed by atoms with Crippen molar-refractivity contribution >= 4 is 17.2 Å². The van der Waals surface area contributed by atoms with E-state index in [9.17, 15) is 4.79 Å². The normalized spacial score (nSPS) is 13.4. The van der Waals surface area contributed by atoms with E-state index in [0.717, 1.165) is 39.1 Å². The van der Waals surface area contributed by atoms with Crippen LogP contribution in [0.1, 0.15) is 27.1 Å². The van der Waals surface area contributed by atoms with Crippen molar-refractivity contribution in [1.82, 2.24) is 14.9 Å². The van der Waals surface area contributed by atoms with Crippen LogP contribution in [0.3, 0.4) is 0 Å². The fourth-order valence-electron chi connectivity index (χ4n) is 3.79. The summed E-state index contributed by atoms with van der Waals surface area (Å²) in [4.78, 5) is 19.3. The molecule has 0 radical (unpaired) electrons. The van der Waals surface area contributed by atoms with E-state index in [0.29, 0.717) is 18.1 Å². The van der Waals surface area contributed by atoms with E-state index in [4.69, 9.17) is 14.2 Å². The maximum absolute atomic E-state index is 13.3. The lowest BCUT2D eigenvalue weighted by Gasteiger charge is -2.19. The standard InChI is InChI=1S/C25H23N3O4S/c1-28-11-10-26-24(28)23(17-4-3-5-18(14-17)30-2)27-25(29)22-9-8-21(33-22)16-6-7-19-20(15-16)32-13-12-31-19/h3-11,14-15,23H,12-13H2,1-2H3,(H,27,29). The lowest BCUT2D eigenvalue weighted by molar-refractivity contribution is 0.0945. The number of benzene rings is 2. The minimum Gasteiger partial charge on any atom is -0.497 e. The van der Waals surface area contributed by atoms with Gasteiger partial charge in [0, 0.05) is 24.3 Å². The van der Waals surface area contributed by atoms with Gasteiger partial charge in [-0.3, -0.25) is 4.79 Å². The van der Waals surface area contributed by atoms with Gasteiger partial charge in [-0.15, -0.1) is 11.3 Å². The highest BCUT2D eigenvalue weighted by Gasteiger charge is 2.23. The van der Waals surface area contributed by atoms with Crippen LogP contribution >= 0.6 is 11.3 Å². The number of imidazole rings is 1. The van der Waals surface area contributed by atoms with Gasteiger partial charge in [0.25, 0.3) is 5.91 Å². The SMILES string of the molecule is COc1cccc(C(NC(=O)c2ccc(-c3ccc4c(c3)OCCO4)s2)c2nccn2C)c1. The molecule has 0 aliphatic carbocycles. The number of aryl methyl sites for hydroxylation is 1. The van der Waals surface area contributed by atoms with Crippen LogP contribution in [0.15, 0.2) is 67.0 Å². The van der Waals surface area contributed by atoms with E-state index < -0.39 is 6.04 Å². The Labute approximate surface area is 195 Å². The largest absolute Gasteiger partial charge is 0.497 e. The summed E-state index contributed by atoms with van der Waals surface area (Å²) in [6.45, 7) is 1.09. The van der Waals surface area contributed by atoms with Crippen molar-refractivity contribution in [2.45, 2.75) is 6.04 Å². The Kier molecular flexibility index (Phi) is 5.75. The maximum Gasteiger partial charge on any atom is 0.262 e. The van der Waals surface area contributed by atoms with Crippen LogP contribution in [0.2, 0.25) is 0 Å². The Balaban J connectivity index is 1.41. The van der Waals surface area contributed by atoms with Gasteiger partial charge in [-0.25, -0.2) is 4.98 Å². The summed E-state index contributed by atoms with van der Waals surface area (Å²) in [6, 6.07) is 16.9.